The molecule has 0 saturated heterocycles. The van der Waals surface area contributed by atoms with E-state index in [4.69, 9.17) is 17.3 Å². The van der Waals surface area contributed by atoms with Crippen molar-refractivity contribution >= 4 is 28.8 Å². The average Bonchev–Trinajstić information content (AvgIpc) is 2.21. The number of nitrogen functional groups attached to an aromatic ring is 1. The van der Waals surface area contributed by atoms with Gasteiger partial charge >= 0.3 is 0 Å². The number of hydrogen-bond donors (Lipinski definition) is 2. The Hall–Kier alpha value is -1.88. The summed E-state index contributed by atoms with van der Waals surface area (Å²) in [5.41, 5.74) is 6.11. The van der Waals surface area contributed by atoms with Gasteiger partial charge < -0.3 is 11.1 Å². The first kappa shape index (κ1) is 11.6. The lowest BCUT2D eigenvalue weighted by atomic mass is 10.3. The molecule has 6 heteroatoms. The van der Waals surface area contributed by atoms with Crippen molar-refractivity contribution in [1.29, 1.82) is 0 Å². The summed E-state index contributed by atoms with van der Waals surface area (Å²) in [5.74, 6) is -1.08. The fraction of sp³-hybridized carbons (Fsp3) is 0. The Balaban J connectivity index is 2.31. The minimum absolute atomic E-state index is 0.224. The number of nitrogens with one attached hydrogen (secondary N) is 1. The summed E-state index contributed by atoms with van der Waals surface area (Å²) < 4.78 is 25.9. The van der Waals surface area contributed by atoms with Gasteiger partial charge in [0, 0.05) is 11.8 Å². The van der Waals surface area contributed by atoms with Gasteiger partial charge in [0.15, 0.2) is 0 Å². The van der Waals surface area contributed by atoms with Crippen LogP contribution in [0.25, 0.3) is 0 Å². The molecule has 0 radical (unpaired) electrons. The maximum atomic E-state index is 12.9. The fourth-order valence-electron chi connectivity index (χ4n) is 1.31. The van der Waals surface area contributed by atoms with Crippen LogP contribution in [0.15, 0.2) is 30.5 Å². The molecule has 0 atom stereocenters. The molecule has 1 heterocycles. The van der Waals surface area contributed by atoms with E-state index >= 15 is 0 Å². The highest BCUT2D eigenvalue weighted by Crippen LogP contribution is 2.25. The summed E-state index contributed by atoms with van der Waals surface area (Å²) in [7, 11) is 0. The molecule has 0 fully saturated rings. The van der Waals surface area contributed by atoms with Crippen LogP contribution in [-0.2, 0) is 0 Å². The lowest BCUT2D eigenvalue weighted by Crippen LogP contribution is -1.97. The molecule has 0 aliphatic rings. The van der Waals surface area contributed by atoms with E-state index in [2.05, 4.69) is 10.3 Å². The van der Waals surface area contributed by atoms with Gasteiger partial charge in [0.05, 0.1) is 16.9 Å². The minimum atomic E-state index is -0.681. The van der Waals surface area contributed by atoms with E-state index in [0.717, 1.165) is 18.2 Å². The van der Waals surface area contributed by atoms with Crippen LogP contribution in [0.5, 0.6) is 0 Å². The van der Waals surface area contributed by atoms with Crippen molar-refractivity contribution in [3.05, 3.63) is 47.1 Å². The van der Waals surface area contributed by atoms with Crippen molar-refractivity contribution in [3.63, 3.8) is 0 Å². The number of benzene rings is 1. The number of nitrogens with zero attached hydrogens (tertiary/aromatic N) is 1. The van der Waals surface area contributed by atoms with Crippen LogP contribution in [0.4, 0.5) is 26.0 Å². The van der Waals surface area contributed by atoms with E-state index in [1.165, 1.54) is 12.3 Å². The minimum Gasteiger partial charge on any atom is -0.397 e. The smallest absolute Gasteiger partial charge is 0.149 e. The van der Waals surface area contributed by atoms with Gasteiger partial charge in [-0.25, -0.2) is 13.8 Å². The first-order chi connectivity index (χ1) is 8.04. The maximum Gasteiger partial charge on any atom is 0.149 e. The Morgan fingerprint density at radius 3 is 2.35 bits per heavy atom. The zero-order valence-electron chi connectivity index (χ0n) is 8.55. The number of hydrogen-bond acceptors (Lipinski definition) is 3. The predicted molar refractivity (Wildman–Crippen MR) is 63.3 cm³/mol. The molecule has 1 aromatic heterocycles. The number of rotatable bonds is 2. The molecule has 88 valence electrons. The zero-order valence-corrected chi connectivity index (χ0v) is 9.30. The number of pyridine rings is 1. The largest absolute Gasteiger partial charge is 0.397 e. The average molecular weight is 256 g/mol. The number of nitrogens with two attached hydrogens (primary N) is 1. The number of aromatic nitrogens is 1. The molecule has 2 aromatic rings. The highest BCUT2D eigenvalue weighted by Gasteiger charge is 2.05. The van der Waals surface area contributed by atoms with Crippen molar-refractivity contribution < 1.29 is 8.78 Å². The monoisotopic (exact) mass is 255 g/mol. The van der Waals surface area contributed by atoms with Crippen molar-refractivity contribution in [2.45, 2.75) is 0 Å². The molecule has 3 N–H and O–H groups in total. The van der Waals surface area contributed by atoms with E-state index in [0.29, 0.717) is 5.69 Å². The Kier molecular flexibility index (Phi) is 3.10. The molecule has 2 rings (SSSR count). The first-order valence-electron chi connectivity index (χ1n) is 4.69. The summed E-state index contributed by atoms with van der Waals surface area (Å²) in [6, 6.07) is 4.55. The third-order valence-corrected chi connectivity index (χ3v) is 2.28. The summed E-state index contributed by atoms with van der Waals surface area (Å²) in [4.78, 5) is 3.92. The van der Waals surface area contributed by atoms with Crippen LogP contribution in [0.2, 0.25) is 5.02 Å². The Morgan fingerprint density at radius 1 is 1.12 bits per heavy atom. The van der Waals surface area contributed by atoms with Gasteiger partial charge in [-0.05, 0) is 18.2 Å². The molecule has 1 aromatic carbocycles. The molecule has 0 unspecified atom stereocenters. The Morgan fingerprint density at radius 2 is 1.76 bits per heavy atom. The SMILES string of the molecule is Nc1cnc(Nc2cc(F)cc(F)c2)c(Cl)c1. The van der Waals surface area contributed by atoms with Crippen molar-refractivity contribution in [1.82, 2.24) is 4.98 Å². The lowest BCUT2D eigenvalue weighted by molar-refractivity contribution is 0.584. The van der Waals surface area contributed by atoms with Crippen molar-refractivity contribution in [2.24, 2.45) is 0 Å². The van der Waals surface area contributed by atoms with E-state index in [1.807, 2.05) is 0 Å². The summed E-state index contributed by atoms with van der Waals surface area (Å²) >= 11 is 5.87. The van der Waals surface area contributed by atoms with Gasteiger partial charge in [-0.3, -0.25) is 0 Å². The molecule has 0 aliphatic carbocycles. The molecule has 0 bridgehead atoms. The fourth-order valence-corrected chi connectivity index (χ4v) is 1.53. The van der Waals surface area contributed by atoms with E-state index in [-0.39, 0.29) is 16.5 Å². The van der Waals surface area contributed by atoms with Gasteiger partial charge in [-0.2, -0.15) is 0 Å². The second-order valence-corrected chi connectivity index (χ2v) is 3.79. The lowest BCUT2D eigenvalue weighted by Gasteiger charge is -2.08. The summed E-state index contributed by atoms with van der Waals surface area (Å²) in [6.45, 7) is 0. The second-order valence-electron chi connectivity index (χ2n) is 3.38. The second kappa shape index (κ2) is 4.55. The molecule has 0 saturated carbocycles. The van der Waals surface area contributed by atoms with Crippen molar-refractivity contribution in [3.8, 4) is 0 Å². The molecule has 3 nitrogen and oxygen atoms in total. The molecule has 0 amide bonds. The summed E-state index contributed by atoms with van der Waals surface area (Å²) in [5, 5.41) is 2.98. The quantitative estimate of drug-likeness (QED) is 0.865. The number of anilines is 3. The third kappa shape index (κ3) is 2.82. The Labute approximate surface area is 101 Å². The van der Waals surface area contributed by atoms with E-state index in [1.54, 1.807) is 0 Å². The van der Waals surface area contributed by atoms with Crippen LogP contribution < -0.4 is 11.1 Å². The molecule has 17 heavy (non-hydrogen) atoms. The molecular weight excluding hydrogens is 248 g/mol. The normalized spacial score (nSPS) is 10.3. The predicted octanol–water partition coefficient (Wildman–Crippen LogP) is 3.34. The van der Waals surface area contributed by atoms with Crippen LogP contribution >= 0.6 is 11.6 Å². The topological polar surface area (TPSA) is 50.9 Å². The Bertz CT molecular complexity index is 540. The van der Waals surface area contributed by atoms with Gasteiger partial charge in [-0.1, -0.05) is 11.6 Å². The van der Waals surface area contributed by atoms with E-state index < -0.39 is 11.6 Å². The maximum absolute atomic E-state index is 12.9. The van der Waals surface area contributed by atoms with Gasteiger partial charge in [0.2, 0.25) is 0 Å². The zero-order chi connectivity index (χ0) is 12.4. The third-order valence-electron chi connectivity index (χ3n) is 1.99. The van der Waals surface area contributed by atoms with Crippen LogP contribution in [0.1, 0.15) is 0 Å². The van der Waals surface area contributed by atoms with E-state index in [9.17, 15) is 8.78 Å². The first-order valence-corrected chi connectivity index (χ1v) is 5.06. The standard InChI is InChI=1S/C11H8ClF2N3/c12-10-4-8(15)5-16-11(10)17-9-2-6(13)1-7(14)3-9/h1-5H,15H2,(H,16,17). The van der Waals surface area contributed by atoms with Crippen molar-refractivity contribution in [2.75, 3.05) is 11.1 Å². The van der Waals surface area contributed by atoms with Crippen LogP contribution in [-0.4, -0.2) is 4.98 Å². The van der Waals surface area contributed by atoms with Crippen LogP contribution in [0, 0.1) is 11.6 Å². The molecule has 0 spiro atoms. The highest BCUT2D eigenvalue weighted by atomic mass is 35.5. The summed E-state index contributed by atoms with van der Waals surface area (Å²) in [6.07, 6.45) is 1.39. The molecule has 0 aliphatic heterocycles. The molecular formula is C11H8ClF2N3. The van der Waals surface area contributed by atoms with Gasteiger partial charge in [0.25, 0.3) is 0 Å². The van der Waals surface area contributed by atoms with Crippen LogP contribution in [0.3, 0.4) is 0 Å². The van der Waals surface area contributed by atoms with Gasteiger partial charge in [-0.15, -0.1) is 0 Å². The highest BCUT2D eigenvalue weighted by molar-refractivity contribution is 6.33. The van der Waals surface area contributed by atoms with Gasteiger partial charge in [0.1, 0.15) is 17.5 Å². The number of halogens is 3.